The Bertz CT molecular complexity index is 834. The Labute approximate surface area is 204 Å². The van der Waals surface area contributed by atoms with Gasteiger partial charge in [0.1, 0.15) is 12.4 Å². The quantitative estimate of drug-likeness (QED) is 0.338. The predicted octanol–water partition coefficient (Wildman–Crippen LogP) is 4.38. The van der Waals surface area contributed by atoms with E-state index in [-0.39, 0.29) is 18.4 Å². The second-order valence-electron chi connectivity index (χ2n) is 8.57. The topological polar surface area (TPSA) is 76.7 Å². The molecule has 0 saturated carbocycles. The summed E-state index contributed by atoms with van der Waals surface area (Å²) in [5, 5.41) is 5.56. The molecule has 0 heterocycles. The van der Waals surface area contributed by atoms with Gasteiger partial charge in [0.15, 0.2) is 0 Å². The van der Waals surface area contributed by atoms with E-state index in [0.29, 0.717) is 26.2 Å². The van der Waals surface area contributed by atoms with E-state index < -0.39 is 0 Å². The molecule has 0 spiro atoms. The highest BCUT2D eigenvalue weighted by atomic mass is 16.5. The number of hydrogen-bond acceptors (Lipinski definition) is 4. The molecule has 0 atom stereocenters. The highest BCUT2D eigenvalue weighted by Gasteiger charge is 2.02. The molecule has 0 radical (unpaired) electrons. The van der Waals surface area contributed by atoms with Crippen LogP contribution in [-0.4, -0.2) is 45.2 Å². The van der Waals surface area contributed by atoms with Crippen LogP contribution in [0.3, 0.4) is 0 Å². The van der Waals surface area contributed by atoms with Crippen LogP contribution in [0.4, 0.5) is 0 Å². The Balaban J connectivity index is 1.46. The van der Waals surface area contributed by atoms with Gasteiger partial charge in [-0.05, 0) is 75.1 Å². The molecule has 0 saturated heterocycles. The standard InChI is InChI=1S/C28H40N2O4/c1-23-10-16-26(17-11-23)34-21-6-3-4-9-27(31)30-19-18-25-14-12-24(13-15-25)8-5-7-20-33-22-28(32)29-2/h10-17H,3-9,18-22H2,1-2H3,(H,29,32)(H,30,31). The van der Waals surface area contributed by atoms with Gasteiger partial charge in [0.05, 0.1) is 6.61 Å². The zero-order valence-electron chi connectivity index (χ0n) is 20.7. The largest absolute Gasteiger partial charge is 0.494 e. The fourth-order valence-corrected chi connectivity index (χ4v) is 3.47. The summed E-state index contributed by atoms with van der Waals surface area (Å²) in [6.07, 6.45) is 7.19. The lowest BCUT2D eigenvalue weighted by Gasteiger charge is -2.08. The summed E-state index contributed by atoms with van der Waals surface area (Å²) in [6, 6.07) is 16.7. The van der Waals surface area contributed by atoms with E-state index in [1.807, 2.05) is 24.3 Å². The van der Waals surface area contributed by atoms with Crippen molar-refractivity contribution < 1.29 is 19.1 Å². The molecule has 34 heavy (non-hydrogen) atoms. The second kappa shape index (κ2) is 16.7. The van der Waals surface area contributed by atoms with Gasteiger partial charge in [-0.1, -0.05) is 42.0 Å². The number of carbonyl (C=O) groups excluding carboxylic acids is 2. The molecule has 0 aliphatic heterocycles. The summed E-state index contributed by atoms with van der Waals surface area (Å²) in [7, 11) is 1.61. The van der Waals surface area contributed by atoms with Crippen molar-refractivity contribution in [2.24, 2.45) is 0 Å². The molecule has 6 heteroatoms. The monoisotopic (exact) mass is 468 g/mol. The smallest absolute Gasteiger partial charge is 0.245 e. The molecule has 0 bridgehead atoms. The first kappa shape index (κ1) is 27.4. The fraction of sp³-hybridized carbons (Fsp3) is 0.500. The molecule has 2 amide bonds. The SMILES string of the molecule is CNC(=O)COCCCCc1ccc(CCNC(=O)CCCCCOc2ccc(C)cc2)cc1. The summed E-state index contributed by atoms with van der Waals surface area (Å²) in [5.41, 5.74) is 3.75. The van der Waals surface area contributed by atoms with Crippen LogP contribution in [-0.2, 0) is 27.2 Å². The average Bonchev–Trinajstić information content (AvgIpc) is 2.85. The Morgan fingerprint density at radius 3 is 2.15 bits per heavy atom. The van der Waals surface area contributed by atoms with Crippen molar-refractivity contribution in [3.05, 3.63) is 65.2 Å². The molecule has 0 fully saturated rings. The van der Waals surface area contributed by atoms with Crippen LogP contribution in [0.5, 0.6) is 5.75 Å². The minimum Gasteiger partial charge on any atom is -0.494 e. The summed E-state index contributed by atoms with van der Waals surface area (Å²) in [5.74, 6) is 0.932. The van der Waals surface area contributed by atoms with Crippen LogP contribution in [0, 0.1) is 6.92 Å². The molecule has 186 valence electrons. The molecule has 6 nitrogen and oxygen atoms in total. The summed E-state index contributed by atoms with van der Waals surface area (Å²) in [4.78, 5) is 23.1. The van der Waals surface area contributed by atoms with Crippen LogP contribution < -0.4 is 15.4 Å². The number of aryl methyl sites for hydroxylation is 2. The third-order valence-corrected chi connectivity index (χ3v) is 5.61. The van der Waals surface area contributed by atoms with Crippen LogP contribution in [0.25, 0.3) is 0 Å². The van der Waals surface area contributed by atoms with Gasteiger partial charge in [-0.2, -0.15) is 0 Å². The highest BCUT2D eigenvalue weighted by Crippen LogP contribution is 2.12. The lowest BCUT2D eigenvalue weighted by Crippen LogP contribution is -2.25. The van der Waals surface area contributed by atoms with Crippen molar-refractivity contribution in [2.75, 3.05) is 33.4 Å². The number of nitrogens with one attached hydrogen (secondary N) is 2. The van der Waals surface area contributed by atoms with Gasteiger partial charge in [-0.15, -0.1) is 0 Å². The van der Waals surface area contributed by atoms with Crippen LogP contribution in [0.2, 0.25) is 0 Å². The van der Waals surface area contributed by atoms with Gasteiger partial charge >= 0.3 is 0 Å². The fourth-order valence-electron chi connectivity index (χ4n) is 3.47. The van der Waals surface area contributed by atoms with E-state index in [1.165, 1.54) is 16.7 Å². The van der Waals surface area contributed by atoms with E-state index in [1.54, 1.807) is 7.05 Å². The van der Waals surface area contributed by atoms with Gasteiger partial charge in [-0.25, -0.2) is 0 Å². The third-order valence-electron chi connectivity index (χ3n) is 5.61. The predicted molar refractivity (Wildman–Crippen MR) is 136 cm³/mol. The van der Waals surface area contributed by atoms with Crippen molar-refractivity contribution in [3.63, 3.8) is 0 Å². The number of benzene rings is 2. The minimum atomic E-state index is -0.0912. The molecule has 2 N–H and O–H groups in total. The number of ether oxygens (including phenoxy) is 2. The van der Waals surface area contributed by atoms with Gasteiger partial charge in [0, 0.05) is 26.6 Å². The highest BCUT2D eigenvalue weighted by molar-refractivity contribution is 5.76. The van der Waals surface area contributed by atoms with E-state index in [9.17, 15) is 9.59 Å². The molecule has 2 aromatic rings. The van der Waals surface area contributed by atoms with Gasteiger partial charge in [0.25, 0.3) is 0 Å². The Kier molecular flexibility index (Phi) is 13.5. The lowest BCUT2D eigenvalue weighted by atomic mass is 10.0. The number of rotatable bonds is 17. The number of carbonyl (C=O) groups is 2. The first-order valence-electron chi connectivity index (χ1n) is 12.4. The normalized spacial score (nSPS) is 10.6. The first-order chi connectivity index (χ1) is 16.6. The summed E-state index contributed by atoms with van der Waals surface area (Å²) >= 11 is 0. The second-order valence-corrected chi connectivity index (χ2v) is 8.57. The Hall–Kier alpha value is -2.86. The summed E-state index contributed by atoms with van der Waals surface area (Å²) < 4.78 is 11.0. The van der Waals surface area contributed by atoms with Gasteiger partial charge in [0.2, 0.25) is 11.8 Å². The van der Waals surface area contributed by atoms with Gasteiger partial charge in [-0.3, -0.25) is 9.59 Å². The maximum atomic E-state index is 12.0. The van der Waals surface area contributed by atoms with Crippen LogP contribution >= 0.6 is 0 Å². The van der Waals surface area contributed by atoms with Crippen molar-refractivity contribution in [1.82, 2.24) is 10.6 Å². The van der Waals surface area contributed by atoms with E-state index in [0.717, 1.165) is 50.7 Å². The van der Waals surface area contributed by atoms with Gasteiger partial charge < -0.3 is 20.1 Å². The molecule has 0 unspecified atom stereocenters. The number of hydrogen-bond donors (Lipinski definition) is 2. The maximum Gasteiger partial charge on any atom is 0.245 e. The zero-order chi connectivity index (χ0) is 24.4. The number of unbranched alkanes of at least 4 members (excludes halogenated alkanes) is 3. The zero-order valence-corrected chi connectivity index (χ0v) is 20.7. The van der Waals surface area contributed by atoms with Crippen molar-refractivity contribution >= 4 is 11.8 Å². The molecule has 0 aliphatic carbocycles. The van der Waals surface area contributed by atoms with E-state index in [4.69, 9.17) is 9.47 Å². The molecule has 0 aromatic heterocycles. The maximum absolute atomic E-state index is 12.0. The van der Waals surface area contributed by atoms with Crippen LogP contribution in [0.1, 0.15) is 55.2 Å². The summed E-state index contributed by atoms with van der Waals surface area (Å²) in [6.45, 7) is 4.15. The van der Waals surface area contributed by atoms with Crippen molar-refractivity contribution in [2.45, 2.75) is 58.3 Å². The van der Waals surface area contributed by atoms with Crippen molar-refractivity contribution in [3.8, 4) is 5.75 Å². The Morgan fingerprint density at radius 2 is 1.44 bits per heavy atom. The minimum absolute atomic E-state index is 0.0912. The van der Waals surface area contributed by atoms with Crippen LogP contribution in [0.15, 0.2) is 48.5 Å². The molecule has 2 aromatic carbocycles. The molecular formula is C28H40N2O4. The molecular weight excluding hydrogens is 428 g/mol. The Morgan fingerprint density at radius 1 is 0.765 bits per heavy atom. The first-order valence-corrected chi connectivity index (χ1v) is 12.4. The van der Waals surface area contributed by atoms with E-state index >= 15 is 0 Å². The number of likely N-dealkylation sites (N-methyl/N-ethyl adjacent to an activating group) is 1. The molecule has 0 aliphatic rings. The molecule has 2 rings (SSSR count). The van der Waals surface area contributed by atoms with E-state index in [2.05, 4.69) is 41.8 Å². The average molecular weight is 469 g/mol. The third kappa shape index (κ3) is 12.4. The van der Waals surface area contributed by atoms with Crippen molar-refractivity contribution in [1.29, 1.82) is 0 Å². The lowest BCUT2D eigenvalue weighted by molar-refractivity contribution is -0.125. The number of amides is 2.